The molecular formula is C27H20F3N5O. The summed E-state index contributed by atoms with van der Waals surface area (Å²) in [5.41, 5.74) is 4.21. The van der Waals surface area contributed by atoms with Crippen molar-refractivity contribution in [1.29, 1.82) is 0 Å². The van der Waals surface area contributed by atoms with E-state index in [0.717, 1.165) is 45.7 Å². The summed E-state index contributed by atoms with van der Waals surface area (Å²) in [5.74, 6) is -0.633. The number of aryl methyl sites for hydroxylation is 1. The highest BCUT2D eigenvalue weighted by atomic mass is 19.4. The Morgan fingerprint density at radius 3 is 2.61 bits per heavy atom. The number of benzene rings is 2. The average Bonchev–Trinajstić information content (AvgIpc) is 3.35. The van der Waals surface area contributed by atoms with Gasteiger partial charge in [-0.25, -0.2) is 4.98 Å². The summed E-state index contributed by atoms with van der Waals surface area (Å²) in [6, 6.07) is 17.2. The van der Waals surface area contributed by atoms with Crippen LogP contribution in [-0.4, -0.2) is 20.9 Å². The molecule has 0 aliphatic carbocycles. The number of anilines is 3. The number of H-pyrrole nitrogens is 1. The van der Waals surface area contributed by atoms with E-state index < -0.39 is 17.6 Å². The summed E-state index contributed by atoms with van der Waals surface area (Å²) in [4.78, 5) is 24.6. The van der Waals surface area contributed by atoms with E-state index in [0.29, 0.717) is 11.3 Å². The molecule has 0 aliphatic heterocycles. The van der Waals surface area contributed by atoms with E-state index in [2.05, 4.69) is 25.6 Å². The zero-order valence-corrected chi connectivity index (χ0v) is 19.0. The fraction of sp³-hybridized carbons (Fsp3) is 0.0741. The molecule has 3 heterocycles. The Kier molecular flexibility index (Phi) is 5.89. The molecule has 36 heavy (non-hydrogen) atoms. The van der Waals surface area contributed by atoms with Crippen molar-refractivity contribution in [3.63, 3.8) is 0 Å². The maximum absolute atomic E-state index is 13.0. The molecule has 0 radical (unpaired) electrons. The van der Waals surface area contributed by atoms with Crippen LogP contribution in [0.4, 0.5) is 30.2 Å². The maximum atomic E-state index is 13.0. The third-order valence-electron chi connectivity index (χ3n) is 5.70. The van der Waals surface area contributed by atoms with Gasteiger partial charge in [0.25, 0.3) is 5.91 Å². The number of nitrogens with one attached hydrogen (secondary N) is 3. The average molecular weight is 487 g/mol. The minimum Gasteiger partial charge on any atom is -0.355 e. The van der Waals surface area contributed by atoms with E-state index in [-0.39, 0.29) is 5.56 Å². The lowest BCUT2D eigenvalue weighted by Gasteiger charge is -2.15. The second kappa shape index (κ2) is 9.18. The van der Waals surface area contributed by atoms with Crippen LogP contribution in [0.15, 0.2) is 85.3 Å². The largest absolute Gasteiger partial charge is 0.416 e. The van der Waals surface area contributed by atoms with Crippen LogP contribution in [0.5, 0.6) is 0 Å². The number of aromatic nitrogens is 3. The maximum Gasteiger partial charge on any atom is 0.416 e. The number of carbonyl (C=O) groups is 1. The minimum atomic E-state index is -4.53. The van der Waals surface area contributed by atoms with Gasteiger partial charge >= 0.3 is 6.18 Å². The van der Waals surface area contributed by atoms with Gasteiger partial charge in [-0.1, -0.05) is 12.1 Å². The van der Waals surface area contributed by atoms with E-state index in [1.807, 2.05) is 37.3 Å². The number of hydrogen-bond acceptors (Lipinski definition) is 4. The van der Waals surface area contributed by atoms with Crippen molar-refractivity contribution in [3.8, 4) is 11.3 Å². The van der Waals surface area contributed by atoms with Crippen molar-refractivity contribution >= 4 is 34.0 Å². The predicted octanol–water partition coefficient (Wildman–Crippen LogP) is 6.95. The van der Waals surface area contributed by atoms with Gasteiger partial charge < -0.3 is 15.6 Å². The molecule has 9 heteroatoms. The molecule has 0 atom stereocenters. The highest BCUT2D eigenvalue weighted by Gasteiger charge is 2.30. The second-order valence-corrected chi connectivity index (χ2v) is 8.22. The molecule has 0 spiro atoms. The Labute approximate surface area is 204 Å². The fourth-order valence-electron chi connectivity index (χ4n) is 3.82. The van der Waals surface area contributed by atoms with Gasteiger partial charge in [0.1, 0.15) is 5.65 Å². The highest BCUT2D eigenvalue weighted by molar-refractivity contribution is 6.04. The molecule has 3 N–H and O–H groups in total. The van der Waals surface area contributed by atoms with Crippen molar-refractivity contribution < 1.29 is 18.0 Å². The molecule has 3 aromatic heterocycles. The molecule has 180 valence electrons. The normalized spacial score (nSPS) is 11.4. The van der Waals surface area contributed by atoms with Crippen LogP contribution in [0.2, 0.25) is 0 Å². The highest BCUT2D eigenvalue weighted by Crippen LogP contribution is 2.33. The fourth-order valence-corrected chi connectivity index (χ4v) is 3.82. The first kappa shape index (κ1) is 23.1. The van der Waals surface area contributed by atoms with Crippen LogP contribution >= 0.6 is 0 Å². The number of alkyl halides is 3. The Morgan fingerprint density at radius 2 is 1.83 bits per heavy atom. The molecule has 0 fully saturated rings. The van der Waals surface area contributed by atoms with Crippen molar-refractivity contribution in [3.05, 3.63) is 102 Å². The molecule has 0 aliphatic rings. The topological polar surface area (TPSA) is 82.7 Å². The van der Waals surface area contributed by atoms with Crippen molar-refractivity contribution in [2.75, 3.05) is 10.6 Å². The van der Waals surface area contributed by atoms with E-state index in [1.165, 1.54) is 12.1 Å². The Morgan fingerprint density at radius 1 is 0.972 bits per heavy atom. The summed E-state index contributed by atoms with van der Waals surface area (Å²) in [5, 5.41) is 6.98. The van der Waals surface area contributed by atoms with Crippen LogP contribution < -0.4 is 10.6 Å². The summed E-state index contributed by atoms with van der Waals surface area (Å²) >= 11 is 0. The Balaban J connectivity index is 1.44. The van der Waals surface area contributed by atoms with Gasteiger partial charge in [0.2, 0.25) is 0 Å². The lowest BCUT2D eigenvalue weighted by atomic mass is 10.1. The third-order valence-corrected chi connectivity index (χ3v) is 5.70. The van der Waals surface area contributed by atoms with Crippen LogP contribution in [0, 0.1) is 6.92 Å². The molecule has 0 bridgehead atoms. The van der Waals surface area contributed by atoms with Crippen LogP contribution in [-0.2, 0) is 6.18 Å². The van der Waals surface area contributed by atoms with Gasteiger partial charge in [-0.2, -0.15) is 13.2 Å². The van der Waals surface area contributed by atoms with Gasteiger partial charge in [0.15, 0.2) is 0 Å². The number of fused-ring (bicyclic) bond motifs is 1. The van der Waals surface area contributed by atoms with Gasteiger partial charge in [0, 0.05) is 46.5 Å². The van der Waals surface area contributed by atoms with Crippen molar-refractivity contribution in [2.45, 2.75) is 13.1 Å². The second-order valence-electron chi connectivity index (χ2n) is 8.22. The molecule has 1 amide bonds. The third kappa shape index (κ3) is 4.76. The standard InChI is InChI=1S/C27H20F3N5O/c1-16-7-8-20(33-26(36)17-4-2-6-19(12-17)27(28,29)30)13-22(16)34-24-14-23(18-5-3-10-31-15-18)35-25-21(24)9-11-32-25/h2-15H,1H3,(H,33,36)(H2,32,34,35). The Bertz CT molecular complexity index is 1560. The number of aromatic amines is 1. The molecule has 0 saturated heterocycles. The number of halogens is 3. The zero-order chi connectivity index (χ0) is 25.3. The summed E-state index contributed by atoms with van der Waals surface area (Å²) in [6.07, 6.45) is 0.697. The van der Waals surface area contributed by atoms with Crippen molar-refractivity contribution in [1.82, 2.24) is 15.0 Å². The molecule has 6 nitrogen and oxygen atoms in total. The molecule has 0 saturated carbocycles. The smallest absolute Gasteiger partial charge is 0.355 e. The first-order valence-corrected chi connectivity index (χ1v) is 11.0. The van der Waals surface area contributed by atoms with E-state index in [4.69, 9.17) is 0 Å². The number of amides is 1. The van der Waals surface area contributed by atoms with E-state index in [9.17, 15) is 18.0 Å². The lowest BCUT2D eigenvalue weighted by molar-refractivity contribution is -0.137. The van der Waals surface area contributed by atoms with Gasteiger partial charge in [-0.3, -0.25) is 9.78 Å². The molecule has 0 unspecified atom stereocenters. The number of hydrogen-bond donors (Lipinski definition) is 3. The number of carbonyl (C=O) groups excluding carboxylic acids is 1. The number of rotatable bonds is 5. The quantitative estimate of drug-likeness (QED) is 0.251. The molecule has 2 aromatic carbocycles. The van der Waals surface area contributed by atoms with Crippen LogP contribution in [0.25, 0.3) is 22.3 Å². The van der Waals surface area contributed by atoms with Gasteiger partial charge in [-0.05, 0) is 67.1 Å². The zero-order valence-electron chi connectivity index (χ0n) is 19.0. The SMILES string of the molecule is Cc1ccc(NC(=O)c2cccc(C(F)(F)F)c2)cc1Nc1cc(-c2cccnc2)nc2[nH]ccc12. The number of pyridine rings is 2. The molecule has 5 aromatic rings. The van der Waals surface area contributed by atoms with E-state index >= 15 is 0 Å². The number of nitrogens with zero attached hydrogens (tertiary/aromatic N) is 2. The predicted molar refractivity (Wildman–Crippen MR) is 133 cm³/mol. The van der Waals surface area contributed by atoms with Crippen LogP contribution in [0.3, 0.4) is 0 Å². The minimum absolute atomic E-state index is 0.0795. The summed E-state index contributed by atoms with van der Waals surface area (Å²) in [6.45, 7) is 1.91. The summed E-state index contributed by atoms with van der Waals surface area (Å²) < 4.78 is 39.1. The molecular weight excluding hydrogens is 467 g/mol. The van der Waals surface area contributed by atoms with Gasteiger partial charge in [0.05, 0.1) is 16.9 Å². The monoisotopic (exact) mass is 487 g/mol. The van der Waals surface area contributed by atoms with Gasteiger partial charge in [-0.15, -0.1) is 0 Å². The Hall–Kier alpha value is -4.66. The van der Waals surface area contributed by atoms with Crippen molar-refractivity contribution in [2.24, 2.45) is 0 Å². The molecule has 5 rings (SSSR count). The van der Waals surface area contributed by atoms with E-state index in [1.54, 1.807) is 30.7 Å². The first-order valence-electron chi connectivity index (χ1n) is 11.0. The summed E-state index contributed by atoms with van der Waals surface area (Å²) in [7, 11) is 0. The first-order chi connectivity index (χ1) is 17.3. The van der Waals surface area contributed by atoms with Crippen LogP contribution in [0.1, 0.15) is 21.5 Å². The lowest BCUT2D eigenvalue weighted by Crippen LogP contribution is -2.14.